The van der Waals surface area contributed by atoms with Gasteiger partial charge < -0.3 is 14.1 Å². The van der Waals surface area contributed by atoms with E-state index in [1.165, 1.54) is 38.9 Å². The lowest BCUT2D eigenvalue weighted by Gasteiger charge is -2.39. The molecule has 1 spiro atoms. The quantitative estimate of drug-likeness (QED) is 0.187. The van der Waals surface area contributed by atoms with Crippen LogP contribution < -0.4 is 9.64 Å². The third kappa shape index (κ3) is 4.14. The van der Waals surface area contributed by atoms with Gasteiger partial charge in [-0.15, -0.1) is 0 Å². The minimum absolute atomic E-state index is 0.739. The predicted molar refractivity (Wildman–Crippen MR) is 212 cm³/mol. The van der Waals surface area contributed by atoms with E-state index in [0.717, 1.165) is 55.9 Å². The van der Waals surface area contributed by atoms with Gasteiger partial charge in [-0.1, -0.05) is 133 Å². The summed E-state index contributed by atoms with van der Waals surface area (Å²) in [5.41, 5.74) is 14.7. The van der Waals surface area contributed by atoms with Gasteiger partial charge in [0.25, 0.3) is 0 Å². The monoisotopic (exact) mass is 665 g/mol. The van der Waals surface area contributed by atoms with E-state index in [2.05, 4.69) is 181 Å². The molecule has 8 aromatic carbocycles. The summed E-state index contributed by atoms with van der Waals surface area (Å²) in [7, 11) is 0. The molecule has 9 aromatic rings. The summed E-state index contributed by atoms with van der Waals surface area (Å²) in [5, 5.41) is 2.23. The van der Waals surface area contributed by atoms with Gasteiger partial charge in [-0.3, -0.25) is 0 Å². The molecule has 0 unspecified atom stereocenters. The number of anilines is 3. The molecule has 0 fully saturated rings. The molecule has 0 bridgehead atoms. The van der Waals surface area contributed by atoms with Crippen LogP contribution in [0.4, 0.5) is 17.1 Å². The summed E-state index contributed by atoms with van der Waals surface area (Å²) < 4.78 is 13.7. The zero-order valence-electron chi connectivity index (χ0n) is 28.2. The molecular formula is C49H31NO2. The van der Waals surface area contributed by atoms with Gasteiger partial charge in [0.2, 0.25) is 0 Å². The summed E-state index contributed by atoms with van der Waals surface area (Å²) in [4.78, 5) is 2.31. The van der Waals surface area contributed by atoms with Crippen LogP contribution in [0, 0.1) is 0 Å². The van der Waals surface area contributed by atoms with E-state index in [0.29, 0.717) is 0 Å². The second-order valence-electron chi connectivity index (χ2n) is 13.6. The molecular weight excluding hydrogens is 635 g/mol. The zero-order chi connectivity index (χ0) is 34.2. The molecule has 244 valence electrons. The van der Waals surface area contributed by atoms with Gasteiger partial charge in [-0.05, 0) is 76.3 Å². The molecule has 0 N–H and O–H groups in total. The lowest BCUT2D eigenvalue weighted by Crippen LogP contribution is -2.36. The fraction of sp³-hybridized carbons (Fsp3) is 0.0204. The first-order valence-corrected chi connectivity index (χ1v) is 17.8. The Morgan fingerprint density at radius 2 is 0.885 bits per heavy atom. The number of fused-ring (bicyclic) bond motifs is 12. The molecule has 2 heterocycles. The topological polar surface area (TPSA) is 25.6 Å². The van der Waals surface area contributed by atoms with E-state index in [1.807, 2.05) is 12.1 Å². The summed E-state index contributed by atoms with van der Waals surface area (Å²) in [5.74, 6) is 0.862. The molecule has 11 rings (SSSR count). The molecule has 2 aliphatic rings. The van der Waals surface area contributed by atoms with Crippen LogP contribution in [0.25, 0.3) is 55.3 Å². The molecule has 1 aromatic heterocycles. The smallest absolute Gasteiger partial charge is 0.186 e. The van der Waals surface area contributed by atoms with Crippen molar-refractivity contribution in [2.75, 3.05) is 4.90 Å². The van der Waals surface area contributed by atoms with Crippen LogP contribution in [0.3, 0.4) is 0 Å². The van der Waals surface area contributed by atoms with E-state index in [4.69, 9.17) is 9.15 Å². The van der Waals surface area contributed by atoms with Crippen molar-refractivity contribution in [2.45, 2.75) is 5.60 Å². The number of benzene rings is 8. The third-order valence-electron chi connectivity index (χ3n) is 10.8. The largest absolute Gasteiger partial charge is 0.472 e. The van der Waals surface area contributed by atoms with E-state index >= 15 is 0 Å². The van der Waals surface area contributed by atoms with Crippen LogP contribution in [-0.4, -0.2) is 0 Å². The molecule has 0 amide bonds. The maximum absolute atomic E-state index is 7.33. The minimum atomic E-state index is -0.739. The number of para-hydroxylation sites is 1. The lowest BCUT2D eigenvalue weighted by atomic mass is 9.78. The number of hydrogen-bond acceptors (Lipinski definition) is 3. The molecule has 1 aliphatic carbocycles. The predicted octanol–water partition coefficient (Wildman–Crippen LogP) is 13.1. The second-order valence-corrected chi connectivity index (χ2v) is 13.6. The Morgan fingerprint density at radius 1 is 0.365 bits per heavy atom. The number of hydrogen-bond donors (Lipinski definition) is 0. The summed E-state index contributed by atoms with van der Waals surface area (Å²) in [6.45, 7) is 0. The number of nitrogens with zero attached hydrogens (tertiary/aromatic N) is 1. The van der Waals surface area contributed by atoms with Crippen LogP contribution in [0.2, 0.25) is 0 Å². The Balaban J connectivity index is 1.09. The summed E-state index contributed by atoms with van der Waals surface area (Å²) >= 11 is 0. The van der Waals surface area contributed by atoms with Gasteiger partial charge in [-0.25, -0.2) is 0 Å². The highest BCUT2D eigenvalue weighted by Gasteiger charge is 2.50. The molecule has 52 heavy (non-hydrogen) atoms. The van der Waals surface area contributed by atoms with Crippen molar-refractivity contribution in [3.8, 4) is 39.1 Å². The minimum Gasteiger partial charge on any atom is -0.472 e. The van der Waals surface area contributed by atoms with Crippen LogP contribution in [0.5, 0.6) is 5.75 Å². The Labute approximate surface area is 301 Å². The molecule has 3 nitrogen and oxygen atoms in total. The van der Waals surface area contributed by atoms with Crippen molar-refractivity contribution >= 4 is 39.0 Å². The molecule has 0 saturated heterocycles. The average Bonchev–Trinajstić information content (AvgIpc) is 3.72. The standard InChI is InChI=1S/C49H31NO2/c1-2-12-32(13-3-1)33-22-24-34(25-23-33)50(36-26-28-41-40-17-7-11-21-46(40)51-48(41)31-36)35-27-29-47-42(30-35)39-16-6-10-20-45(39)49(52-47)43-18-8-4-14-37(43)38-15-5-9-19-44(38)49/h1-31H. The zero-order valence-corrected chi connectivity index (χ0v) is 28.2. The molecule has 0 atom stereocenters. The van der Waals surface area contributed by atoms with Gasteiger partial charge in [-0.2, -0.15) is 0 Å². The first-order chi connectivity index (χ1) is 25.8. The van der Waals surface area contributed by atoms with Gasteiger partial charge in [0.1, 0.15) is 16.9 Å². The summed E-state index contributed by atoms with van der Waals surface area (Å²) in [6.07, 6.45) is 0. The van der Waals surface area contributed by atoms with Crippen LogP contribution in [-0.2, 0) is 5.60 Å². The van der Waals surface area contributed by atoms with Gasteiger partial charge in [0.05, 0.1) is 0 Å². The van der Waals surface area contributed by atoms with Gasteiger partial charge >= 0.3 is 0 Å². The van der Waals surface area contributed by atoms with Crippen molar-refractivity contribution < 1.29 is 9.15 Å². The Hall–Kier alpha value is -6.84. The second kappa shape index (κ2) is 11.1. The van der Waals surface area contributed by atoms with E-state index in [9.17, 15) is 0 Å². The highest BCUT2D eigenvalue weighted by Crippen LogP contribution is 2.59. The van der Waals surface area contributed by atoms with E-state index in [-0.39, 0.29) is 0 Å². The molecule has 0 saturated carbocycles. The van der Waals surface area contributed by atoms with Crippen molar-refractivity contribution in [3.63, 3.8) is 0 Å². The fourth-order valence-electron chi connectivity index (χ4n) is 8.53. The maximum atomic E-state index is 7.33. The Kier molecular flexibility index (Phi) is 6.17. The van der Waals surface area contributed by atoms with E-state index < -0.39 is 5.60 Å². The third-order valence-corrected chi connectivity index (χ3v) is 10.8. The molecule has 1 aliphatic heterocycles. The number of rotatable bonds is 4. The fourth-order valence-corrected chi connectivity index (χ4v) is 8.53. The SMILES string of the molecule is c1ccc(-c2ccc(N(c3ccc4c(c3)-c3ccccc3C3(O4)c4ccccc4-c4ccccc43)c3ccc4c(c3)oc3ccccc34)cc2)cc1. The van der Waals surface area contributed by atoms with Crippen molar-refractivity contribution in [1.82, 2.24) is 0 Å². The highest BCUT2D eigenvalue weighted by molar-refractivity contribution is 6.06. The average molecular weight is 666 g/mol. The summed E-state index contributed by atoms with van der Waals surface area (Å²) in [6, 6.07) is 66.8. The van der Waals surface area contributed by atoms with Crippen LogP contribution in [0.1, 0.15) is 16.7 Å². The number of ether oxygens (including phenoxy) is 1. The lowest BCUT2D eigenvalue weighted by molar-refractivity contribution is 0.157. The van der Waals surface area contributed by atoms with E-state index in [1.54, 1.807) is 0 Å². The van der Waals surface area contributed by atoms with Crippen LogP contribution in [0.15, 0.2) is 192 Å². The van der Waals surface area contributed by atoms with Gasteiger partial charge in [0.15, 0.2) is 5.60 Å². The molecule has 3 heteroatoms. The molecule has 0 radical (unpaired) electrons. The normalized spacial score (nSPS) is 13.3. The Morgan fingerprint density at radius 3 is 1.60 bits per heavy atom. The Bertz CT molecular complexity index is 2790. The first kappa shape index (κ1) is 28.9. The first-order valence-electron chi connectivity index (χ1n) is 17.8. The van der Waals surface area contributed by atoms with Crippen LogP contribution >= 0.6 is 0 Å². The van der Waals surface area contributed by atoms with Gasteiger partial charge in [0, 0.05) is 56.2 Å². The van der Waals surface area contributed by atoms with Crippen molar-refractivity contribution in [2.24, 2.45) is 0 Å². The number of furan rings is 1. The van der Waals surface area contributed by atoms with Crippen molar-refractivity contribution in [1.29, 1.82) is 0 Å². The maximum Gasteiger partial charge on any atom is 0.186 e. The van der Waals surface area contributed by atoms with Crippen molar-refractivity contribution in [3.05, 3.63) is 205 Å². The highest BCUT2D eigenvalue weighted by atomic mass is 16.5.